The number of nitrogens with zero attached hydrogens (tertiary/aromatic N) is 1. The molecule has 1 fully saturated rings. The zero-order chi connectivity index (χ0) is 16.8. The van der Waals surface area contributed by atoms with Crippen molar-refractivity contribution in [3.05, 3.63) is 29.4 Å². The van der Waals surface area contributed by atoms with E-state index in [1.807, 2.05) is 0 Å². The van der Waals surface area contributed by atoms with Gasteiger partial charge in [0, 0.05) is 23.7 Å². The van der Waals surface area contributed by atoms with Gasteiger partial charge in [-0.15, -0.1) is 11.3 Å². The quantitative estimate of drug-likeness (QED) is 0.894. The van der Waals surface area contributed by atoms with Crippen LogP contribution in [0.2, 0.25) is 0 Å². The molecule has 2 aromatic heterocycles. The lowest BCUT2D eigenvalue weighted by Crippen LogP contribution is -2.65. The van der Waals surface area contributed by atoms with E-state index in [1.54, 1.807) is 16.8 Å². The number of thiophene rings is 1. The molecule has 0 aliphatic heterocycles. The van der Waals surface area contributed by atoms with Gasteiger partial charge in [-0.05, 0) is 24.3 Å². The molecule has 9 heteroatoms. The molecule has 122 valence electrons. The number of halogens is 3. The Hall–Kier alpha value is -2.16. The molecule has 23 heavy (non-hydrogen) atoms. The second-order valence-corrected chi connectivity index (χ2v) is 6.28. The van der Waals surface area contributed by atoms with Gasteiger partial charge in [0.25, 0.3) is 5.91 Å². The number of amides is 1. The molecule has 1 unspecified atom stereocenters. The number of hydrogen-bond acceptors (Lipinski definition) is 4. The van der Waals surface area contributed by atoms with E-state index < -0.39 is 29.5 Å². The van der Waals surface area contributed by atoms with Crippen molar-refractivity contribution in [1.82, 2.24) is 10.3 Å². The number of carboxylic acid groups (broad SMARTS) is 1. The third kappa shape index (κ3) is 2.44. The second kappa shape index (κ2) is 5.19. The standard InChI is InChI=1S/C14H11F3N2O3S/c15-14(16,17)13(12(21)22,8-1-2-8)19-11(20)9-6-18-5-7-3-4-23-10(7)9/h3-6,8H,1-2H2,(H,19,20)(H,21,22). The maximum atomic E-state index is 13.4. The Morgan fingerprint density at radius 2 is 2.00 bits per heavy atom. The smallest absolute Gasteiger partial charge is 0.422 e. The average molecular weight is 344 g/mol. The molecule has 1 atom stereocenters. The number of aliphatic carboxylic acids is 1. The fourth-order valence-corrected chi connectivity index (χ4v) is 3.45. The Morgan fingerprint density at radius 1 is 1.30 bits per heavy atom. The van der Waals surface area contributed by atoms with Gasteiger partial charge in [-0.25, -0.2) is 4.79 Å². The average Bonchev–Trinajstić information content (AvgIpc) is 3.19. The van der Waals surface area contributed by atoms with Crippen LogP contribution in [0.3, 0.4) is 0 Å². The maximum Gasteiger partial charge on any atom is 0.422 e. The lowest BCUT2D eigenvalue weighted by Gasteiger charge is -2.32. The summed E-state index contributed by atoms with van der Waals surface area (Å²) < 4.78 is 40.8. The Morgan fingerprint density at radius 3 is 2.57 bits per heavy atom. The molecule has 0 radical (unpaired) electrons. The van der Waals surface area contributed by atoms with Crippen LogP contribution in [0.1, 0.15) is 23.2 Å². The van der Waals surface area contributed by atoms with Gasteiger partial charge in [-0.2, -0.15) is 13.2 Å². The van der Waals surface area contributed by atoms with E-state index in [9.17, 15) is 27.9 Å². The summed E-state index contributed by atoms with van der Waals surface area (Å²) in [5.74, 6) is -4.33. The molecule has 0 spiro atoms. The zero-order valence-electron chi connectivity index (χ0n) is 11.6. The number of alkyl halides is 3. The highest BCUT2D eigenvalue weighted by Crippen LogP contribution is 2.48. The predicted molar refractivity (Wildman–Crippen MR) is 76.2 cm³/mol. The zero-order valence-corrected chi connectivity index (χ0v) is 12.4. The van der Waals surface area contributed by atoms with Crippen molar-refractivity contribution in [2.24, 2.45) is 5.92 Å². The van der Waals surface area contributed by atoms with Crippen molar-refractivity contribution in [3.63, 3.8) is 0 Å². The largest absolute Gasteiger partial charge is 0.479 e. The molecular formula is C14H11F3N2O3S. The summed E-state index contributed by atoms with van der Waals surface area (Å²) in [4.78, 5) is 27.6. The van der Waals surface area contributed by atoms with Crippen molar-refractivity contribution < 1.29 is 27.9 Å². The fourth-order valence-electron chi connectivity index (χ4n) is 2.57. The molecule has 2 heterocycles. The second-order valence-electron chi connectivity index (χ2n) is 5.37. The van der Waals surface area contributed by atoms with Crippen LogP contribution in [0, 0.1) is 5.92 Å². The summed E-state index contributed by atoms with van der Waals surface area (Å²) in [5.41, 5.74) is -3.32. The molecular weight excluding hydrogens is 333 g/mol. The van der Waals surface area contributed by atoms with Crippen LogP contribution in [0.4, 0.5) is 13.2 Å². The summed E-state index contributed by atoms with van der Waals surface area (Å²) in [6.07, 6.45) is -2.25. The molecule has 1 amide bonds. The van der Waals surface area contributed by atoms with Crippen molar-refractivity contribution in [3.8, 4) is 0 Å². The fraction of sp³-hybridized carbons (Fsp3) is 0.357. The molecule has 5 nitrogen and oxygen atoms in total. The number of fused-ring (bicyclic) bond motifs is 1. The molecule has 1 aliphatic rings. The molecule has 3 rings (SSSR count). The highest BCUT2D eigenvalue weighted by molar-refractivity contribution is 7.17. The van der Waals surface area contributed by atoms with Crippen LogP contribution in [-0.2, 0) is 4.79 Å². The molecule has 2 N–H and O–H groups in total. The highest BCUT2D eigenvalue weighted by Gasteiger charge is 2.69. The monoisotopic (exact) mass is 344 g/mol. The van der Waals surface area contributed by atoms with Crippen LogP contribution in [0.5, 0.6) is 0 Å². The lowest BCUT2D eigenvalue weighted by molar-refractivity contribution is -0.212. The van der Waals surface area contributed by atoms with Crippen LogP contribution in [0.15, 0.2) is 23.8 Å². The molecule has 0 saturated heterocycles. The van der Waals surface area contributed by atoms with Gasteiger partial charge < -0.3 is 10.4 Å². The summed E-state index contributed by atoms with van der Waals surface area (Å²) in [5, 5.41) is 13.2. The first kappa shape index (κ1) is 15.7. The van der Waals surface area contributed by atoms with Gasteiger partial charge in [0.2, 0.25) is 5.54 Å². The summed E-state index contributed by atoms with van der Waals surface area (Å²) in [7, 11) is 0. The summed E-state index contributed by atoms with van der Waals surface area (Å²) >= 11 is 1.18. The number of pyridine rings is 1. The first-order valence-corrected chi connectivity index (χ1v) is 7.59. The molecule has 2 aromatic rings. The molecule has 0 bridgehead atoms. The highest BCUT2D eigenvalue weighted by atomic mass is 32.1. The minimum absolute atomic E-state index is 0.0620. The number of nitrogens with one attached hydrogen (secondary N) is 1. The topological polar surface area (TPSA) is 79.3 Å². The molecule has 0 aromatic carbocycles. The van der Waals surface area contributed by atoms with E-state index in [2.05, 4.69) is 4.98 Å². The van der Waals surface area contributed by atoms with E-state index in [0.29, 0.717) is 10.1 Å². The Balaban J connectivity index is 2.02. The lowest BCUT2D eigenvalue weighted by atomic mass is 9.91. The predicted octanol–water partition coefficient (Wildman–Crippen LogP) is 2.82. The van der Waals surface area contributed by atoms with Gasteiger partial charge in [0.05, 0.1) is 10.3 Å². The van der Waals surface area contributed by atoms with Gasteiger partial charge >= 0.3 is 12.1 Å². The van der Waals surface area contributed by atoms with Crippen LogP contribution < -0.4 is 5.32 Å². The Labute approximate surface area is 132 Å². The van der Waals surface area contributed by atoms with Gasteiger partial charge in [-0.1, -0.05) is 0 Å². The number of carboxylic acids is 1. The first-order valence-electron chi connectivity index (χ1n) is 6.71. The number of carbonyl (C=O) groups is 2. The Bertz CT molecular complexity index is 785. The van der Waals surface area contributed by atoms with Crippen LogP contribution in [0.25, 0.3) is 10.1 Å². The van der Waals surface area contributed by atoms with Crippen molar-refractivity contribution in [1.29, 1.82) is 0 Å². The first-order chi connectivity index (χ1) is 10.8. The van der Waals surface area contributed by atoms with Gasteiger partial charge in [0.15, 0.2) is 0 Å². The third-order valence-corrected chi connectivity index (χ3v) is 4.85. The number of rotatable bonds is 4. The number of carbonyl (C=O) groups excluding carboxylic acids is 1. The normalized spacial score (nSPS) is 17.7. The van der Waals surface area contributed by atoms with E-state index in [0.717, 1.165) is 6.20 Å². The maximum absolute atomic E-state index is 13.4. The van der Waals surface area contributed by atoms with Gasteiger partial charge in [-0.3, -0.25) is 9.78 Å². The van der Waals surface area contributed by atoms with Crippen molar-refractivity contribution >= 4 is 33.3 Å². The van der Waals surface area contributed by atoms with Crippen LogP contribution in [-0.4, -0.2) is 33.7 Å². The molecule has 1 aliphatic carbocycles. The van der Waals surface area contributed by atoms with Crippen molar-refractivity contribution in [2.45, 2.75) is 24.6 Å². The summed E-state index contributed by atoms with van der Waals surface area (Å²) in [6.45, 7) is 0. The van der Waals surface area contributed by atoms with E-state index in [1.165, 1.54) is 17.5 Å². The third-order valence-electron chi connectivity index (χ3n) is 3.89. The van der Waals surface area contributed by atoms with E-state index >= 15 is 0 Å². The Kier molecular flexibility index (Phi) is 3.55. The minimum Gasteiger partial charge on any atom is -0.479 e. The number of hydrogen-bond donors (Lipinski definition) is 2. The minimum atomic E-state index is -5.09. The van der Waals surface area contributed by atoms with Crippen molar-refractivity contribution in [2.75, 3.05) is 0 Å². The SMILES string of the molecule is O=C(NC(C(=O)O)(C1CC1)C(F)(F)F)c1cncc2ccsc12. The number of aromatic nitrogens is 1. The molecule has 1 saturated carbocycles. The van der Waals surface area contributed by atoms with E-state index in [4.69, 9.17) is 0 Å². The van der Waals surface area contributed by atoms with Crippen LogP contribution >= 0.6 is 11.3 Å². The van der Waals surface area contributed by atoms with E-state index in [-0.39, 0.29) is 18.4 Å². The van der Waals surface area contributed by atoms with Gasteiger partial charge in [0.1, 0.15) is 0 Å². The summed E-state index contributed by atoms with van der Waals surface area (Å²) in [6, 6.07) is 1.68.